The second-order valence-corrected chi connectivity index (χ2v) is 13.0. The van der Waals surface area contributed by atoms with Gasteiger partial charge in [0.25, 0.3) is 0 Å². The van der Waals surface area contributed by atoms with E-state index in [-0.39, 0.29) is 5.41 Å². The van der Waals surface area contributed by atoms with E-state index in [0.29, 0.717) is 5.95 Å². The molecule has 0 bridgehead atoms. The van der Waals surface area contributed by atoms with Crippen LogP contribution >= 0.6 is 0 Å². The quantitative estimate of drug-likeness (QED) is 0.202. The van der Waals surface area contributed by atoms with Crippen molar-refractivity contribution in [3.63, 3.8) is 0 Å². The highest BCUT2D eigenvalue weighted by atomic mass is 15.2. The number of nitrogens with zero attached hydrogens (tertiary/aromatic N) is 4. The van der Waals surface area contributed by atoms with Crippen LogP contribution < -0.4 is 0 Å². The van der Waals surface area contributed by atoms with E-state index < -0.39 is 0 Å². The zero-order valence-corrected chi connectivity index (χ0v) is 26.1. The average molecular weight is 603 g/mol. The lowest BCUT2D eigenvalue weighted by atomic mass is 9.81. The average Bonchev–Trinajstić information content (AvgIpc) is 3.73. The second-order valence-electron chi connectivity index (χ2n) is 13.0. The summed E-state index contributed by atoms with van der Waals surface area (Å²) in [6.07, 6.45) is 0. The molecule has 0 fully saturated rings. The minimum absolute atomic E-state index is 0.172. The minimum atomic E-state index is -0.172. The summed E-state index contributed by atoms with van der Waals surface area (Å²) in [6.45, 7) is 4.73. The van der Waals surface area contributed by atoms with Crippen molar-refractivity contribution in [1.82, 2.24) is 19.1 Å². The fourth-order valence-electron chi connectivity index (χ4n) is 8.10. The first-order chi connectivity index (χ1) is 23.1. The zero-order valence-electron chi connectivity index (χ0n) is 26.1. The number of hydrogen-bond acceptors (Lipinski definition) is 2. The van der Waals surface area contributed by atoms with Crippen molar-refractivity contribution in [3.05, 3.63) is 157 Å². The fraction of sp³-hybridized carbons (Fsp3) is 0.0698. The Morgan fingerprint density at radius 1 is 0.511 bits per heavy atom. The van der Waals surface area contributed by atoms with Crippen LogP contribution in [0.3, 0.4) is 0 Å². The first-order valence-electron chi connectivity index (χ1n) is 16.2. The van der Waals surface area contributed by atoms with E-state index in [1.54, 1.807) is 0 Å². The van der Waals surface area contributed by atoms with Gasteiger partial charge in [-0.1, -0.05) is 135 Å². The highest BCUT2D eigenvalue weighted by Crippen LogP contribution is 2.55. The van der Waals surface area contributed by atoms with Gasteiger partial charge in [0.1, 0.15) is 0 Å². The molecule has 9 aromatic rings. The lowest BCUT2D eigenvalue weighted by Crippen LogP contribution is -2.14. The summed E-state index contributed by atoms with van der Waals surface area (Å²) < 4.78 is 4.80. The number of benzene rings is 6. The summed E-state index contributed by atoms with van der Waals surface area (Å²) in [5.41, 5.74) is 12.5. The molecule has 10 rings (SSSR count). The number of fused-ring (bicyclic) bond motifs is 10. The number of para-hydroxylation sites is 3. The van der Waals surface area contributed by atoms with Crippen LogP contribution in [0.25, 0.3) is 77.8 Å². The molecule has 0 radical (unpaired) electrons. The highest BCUT2D eigenvalue weighted by molar-refractivity contribution is 6.20. The molecule has 0 spiro atoms. The molecule has 6 aromatic carbocycles. The molecule has 0 amide bonds. The van der Waals surface area contributed by atoms with Gasteiger partial charge >= 0.3 is 0 Å². The first kappa shape index (κ1) is 26.2. The molecule has 3 aromatic heterocycles. The van der Waals surface area contributed by atoms with Crippen molar-refractivity contribution in [1.29, 1.82) is 0 Å². The zero-order chi connectivity index (χ0) is 31.3. The van der Waals surface area contributed by atoms with Crippen molar-refractivity contribution in [3.8, 4) is 34.2 Å². The van der Waals surface area contributed by atoms with Gasteiger partial charge in [0.15, 0.2) is 0 Å². The van der Waals surface area contributed by atoms with E-state index in [1.807, 2.05) is 6.07 Å². The molecule has 0 saturated carbocycles. The van der Waals surface area contributed by atoms with Crippen molar-refractivity contribution in [2.24, 2.45) is 0 Å². The molecular formula is C43H30N4. The molecular weight excluding hydrogens is 573 g/mol. The van der Waals surface area contributed by atoms with Crippen LogP contribution in [0.2, 0.25) is 0 Å². The van der Waals surface area contributed by atoms with E-state index in [2.05, 4.69) is 163 Å². The van der Waals surface area contributed by atoms with Gasteiger partial charge in [-0.15, -0.1) is 0 Å². The molecule has 0 aliphatic heterocycles. The third-order valence-electron chi connectivity index (χ3n) is 10.1. The van der Waals surface area contributed by atoms with E-state index >= 15 is 0 Å². The van der Waals surface area contributed by atoms with Gasteiger partial charge in [-0.25, -0.2) is 9.97 Å². The standard InChI is InChI=1S/C43H30N4/c1-43(2)34-22-12-9-20-31(34)39-37(43)33-26-25-30-29-19-11-14-24-36(29)47(40(30)41(33)46(39)28-17-7-4-8-18-28)42-44-35-23-13-10-21-32(35)38(45-42)27-15-5-3-6-16-27/h3-26H,1-2H3. The molecule has 222 valence electrons. The predicted octanol–water partition coefficient (Wildman–Crippen LogP) is 10.6. The van der Waals surface area contributed by atoms with Crippen LogP contribution in [0.1, 0.15) is 25.0 Å². The summed E-state index contributed by atoms with van der Waals surface area (Å²) in [4.78, 5) is 10.7. The Labute approximate surface area is 272 Å². The Hall–Kier alpha value is -6.00. The molecule has 0 saturated heterocycles. The van der Waals surface area contributed by atoms with E-state index in [1.165, 1.54) is 44.1 Å². The van der Waals surface area contributed by atoms with Gasteiger partial charge in [0.2, 0.25) is 5.95 Å². The van der Waals surface area contributed by atoms with Crippen LogP contribution in [0, 0.1) is 0 Å². The van der Waals surface area contributed by atoms with Gasteiger partial charge in [-0.3, -0.25) is 4.57 Å². The third-order valence-corrected chi connectivity index (χ3v) is 10.1. The topological polar surface area (TPSA) is 35.6 Å². The summed E-state index contributed by atoms with van der Waals surface area (Å²) in [7, 11) is 0. The second kappa shape index (κ2) is 9.51. The summed E-state index contributed by atoms with van der Waals surface area (Å²) in [5, 5.41) is 4.66. The number of hydrogen-bond donors (Lipinski definition) is 0. The molecule has 0 N–H and O–H groups in total. The maximum atomic E-state index is 5.39. The maximum Gasteiger partial charge on any atom is 0.235 e. The Morgan fingerprint density at radius 3 is 1.98 bits per heavy atom. The molecule has 4 nitrogen and oxygen atoms in total. The molecule has 47 heavy (non-hydrogen) atoms. The molecule has 3 heterocycles. The molecule has 1 aliphatic rings. The Kier molecular flexibility index (Phi) is 5.31. The Morgan fingerprint density at radius 2 is 1.15 bits per heavy atom. The summed E-state index contributed by atoms with van der Waals surface area (Å²) >= 11 is 0. The molecule has 0 unspecified atom stereocenters. The Balaban J connectivity index is 1.43. The Bertz CT molecular complexity index is 2700. The third kappa shape index (κ3) is 3.53. The van der Waals surface area contributed by atoms with Crippen LogP contribution in [0.5, 0.6) is 0 Å². The van der Waals surface area contributed by atoms with Gasteiger partial charge in [-0.2, -0.15) is 0 Å². The predicted molar refractivity (Wildman–Crippen MR) is 194 cm³/mol. The van der Waals surface area contributed by atoms with Gasteiger partial charge in [0, 0.05) is 43.8 Å². The first-order valence-corrected chi connectivity index (χ1v) is 16.2. The summed E-state index contributed by atoms with van der Waals surface area (Å²) in [5.74, 6) is 0.668. The van der Waals surface area contributed by atoms with Crippen molar-refractivity contribution < 1.29 is 0 Å². The highest BCUT2D eigenvalue weighted by Gasteiger charge is 2.41. The minimum Gasteiger partial charge on any atom is -0.307 e. The van der Waals surface area contributed by atoms with E-state index in [0.717, 1.165) is 38.9 Å². The molecule has 4 heteroatoms. The number of rotatable bonds is 3. The van der Waals surface area contributed by atoms with Crippen LogP contribution in [0.4, 0.5) is 0 Å². The van der Waals surface area contributed by atoms with Gasteiger partial charge in [0.05, 0.1) is 33.5 Å². The van der Waals surface area contributed by atoms with E-state index in [9.17, 15) is 0 Å². The maximum absolute atomic E-state index is 5.39. The smallest absolute Gasteiger partial charge is 0.235 e. The van der Waals surface area contributed by atoms with Crippen LogP contribution in [-0.4, -0.2) is 19.1 Å². The van der Waals surface area contributed by atoms with Crippen molar-refractivity contribution in [2.45, 2.75) is 19.3 Å². The lowest BCUT2D eigenvalue weighted by Gasteiger charge is -2.21. The van der Waals surface area contributed by atoms with Crippen molar-refractivity contribution in [2.75, 3.05) is 0 Å². The normalized spacial score (nSPS) is 13.5. The van der Waals surface area contributed by atoms with Crippen LogP contribution in [-0.2, 0) is 5.41 Å². The van der Waals surface area contributed by atoms with E-state index in [4.69, 9.17) is 9.97 Å². The number of aromatic nitrogens is 4. The monoisotopic (exact) mass is 602 g/mol. The molecule has 1 aliphatic carbocycles. The van der Waals surface area contributed by atoms with Gasteiger partial charge in [-0.05, 0) is 35.4 Å². The SMILES string of the molecule is CC1(C)c2ccccc2-c2c1c1ccc3c4ccccc4n(-c4nc(-c5ccccc5)c5ccccc5n4)c3c1n2-c1ccccc1. The lowest BCUT2D eigenvalue weighted by molar-refractivity contribution is 0.666. The molecule has 0 atom stereocenters. The summed E-state index contributed by atoms with van der Waals surface area (Å²) in [6, 6.07) is 51.8. The largest absolute Gasteiger partial charge is 0.307 e. The van der Waals surface area contributed by atoms with Crippen molar-refractivity contribution >= 4 is 43.6 Å². The fourth-order valence-corrected chi connectivity index (χ4v) is 8.10. The van der Waals surface area contributed by atoms with Gasteiger partial charge < -0.3 is 4.57 Å². The van der Waals surface area contributed by atoms with Crippen LogP contribution in [0.15, 0.2) is 146 Å².